The highest BCUT2D eigenvalue weighted by molar-refractivity contribution is 6.44. The molecule has 0 aliphatic rings. The summed E-state index contributed by atoms with van der Waals surface area (Å²) in [5.74, 6) is -0.534. The second-order valence-electron chi connectivity index (χ2n) is 5.62. The second-order valence-corrected chi connectivity index (χ2v) is 6.41. The van der Waals surface area contributed by atoms with Crippen LogP contribution >= 0.6 is 23.2 Å². The van der Waals surface area contributed by atoms with Crippen LogP contribution in [0.4, 0.5) is 5.69 Å². The average Bonchev–Trinajstić information content (AvgIpc) is 2.65. The van der Waals surface area contributed by atoms with Crippen LogP contribution in [0.5, 0.6) is 0 Å². The number of anilines is 1. The molecule has 0 unspecified atom stereocenters. The Hall–Kier alpha value is -2.48. The molecule has 0 aliphatic carbocycles. The fourth-order valence-electron chi connectivity index (χ4n) is 2.31. The number of nitriles is 1. The molecule has 0 fully saturated rings. The standard InChI is InChI=1S/C20H19Cl2N3O/c21-17-10-6-11-18(19(17)22)25-20(26)16(13-23)14-24-12-5-4-9-15-7-2-1-3-8-15/h1-3,6-8,10-11,14,24H,4-5,9,12H2,(H,25,26)/b16-14-. The van der Waals surface area contributed by atoms with Gasteiger partial charge in [0, 0.05) is 12.7 Å². The largest absolute Gasteiger partial charge is 0.390 e. The summed E-state index contributed by atoms with van der Waals surface area (Å²) in [6, 6.07) is 17.1. The van der Waals surface area contributed by atoms with E-state index in [9.17, 15) is 10.1 Å². The van der Waals surface area contributed by atoms with Crippen molar-refractivity contribution in [3.63, 3.8) is 0 Å². The first kappa shape index (κ1) is 19.8. The quantitative estimate of drug-likeness (QED) is 0.382. The minimum atomic E-state index is -0.534. The smallest absolute Gasteiger partial charge is 0.267 e. The Morgan fingerprint density at radius 1 is 1.08 bits per heavy atom. The van der Waals surface area contributed by atoms with Crippen LogP contribution in [0.15, 0.2) is 60.3 Å². The van der Waals surface area contributed by atoms with Crippen molar-refractivity contribution in [2.75, 3.05) is 11.9 Å². The summed E-state index contributed by atoms with van der Waals surface area (Å²) < 4.78 is 0. The van der Waals surface area contributed by atoms with Crippen molar-refractivity contribution in [3.8, 4) is 6.07 Å². The van der Waals surface area contributed by atoms with Gasteiger partial charge in [-0.2, -0.15) is 5.26 Å². The van der Waals surface area contributed by atoms with Crippen LogP contribution < -0.4 is 10.6 Å². The number of halogens is 2. The monoisotopic (exact) mass is 387 g/mol. The van der Waals surface area contributed by atoms with Crippen molar-refractivity contribution < 1.29 is 4.79 Å². The van der Waals surface area contributed by atoms with Crippen LogP contribution in [0, 0.1) is 11.3 Å². The molecule has 0 saturated heterocycles. The Labute approximate surface area is 163 Å². The van der Waals surface area contributed by atoms with Crippen LogP contribution in [-0.4, -0.2) is 12.5 Å². The first-order valence-corrected chi connectivity index (χ1v) is 9.00. The van der Waals surface area contributed by atoms with Crippen molar-refractivity contribution in [3.05, 3.63) is 75.9 Å². The lowest BCUT2D eigenvalue weighted by Gasteiger charge is -2.08. The lowest BCUT2D eigenvalue weighted by Crippen LogP contribution is -2.17. The van der Waals surface area contributed by atoms with Gasteiger partial charge in [-0.05, 0) is 37.0 Å². The van der Waals surface area contributed by atoms with Gasteiger partial charge in [-0.15, -0.1) is 0 Å². The van der Waals surface area contributed by atoms with Crippen LogP contribution in [0.2, 0.25) is 10.0 Å². The Morgan fingerprint density at radius 2 is 1.85 bits per heavy atom. The molecule has 0 atom stereocenters. The van der Waals surface area contributed by atoms with Gasteiger partial charge in [0.2, 0.25) is 0 Å². The summed E-state index contributed by atoms with van der Waals surface area (Å²) >= 11 is 11.9. The van der Waals surface area contributed by atoms with E-state index in [-0.39, 0.29) is 10.6 Å². The van der Waals surface area contributed by atoms with Crippen molar-refractivity contribution in [2.45, 2.75) is 19.3 Å². The number of unbranched alkanes of at least 4 members (excludes halogenated alkanes) is 1. The maximum absolute atomic E-state index is 12.2. The van der Waals surface area contributed by atoms with Crippen molar-refractivity contribution in [2.24, 2.45) is 0 Å². The first-order valence-electron chi connectivity index (χ1n) is 8.24. The van der Waals surface area contributed by atoms with E-state index < -0.39 is 5.91 Å². The third-order valence-electron chi connectivity index (χ3n) is 3.69. The van der Waals surface area contributed by atoms with E-state index in [1.165, 1.54) is 11.8 Å². The summed E-state index contributed by atoms with van der Waals surface area (Å²) in [6.07, 6.45) is 4.39. The fraction of sp³-hybridized carbons (Fsp3) is 0.200. The van der Waals surface area contributed by atoms with Gasteiger partial charge in [0.1, 0.15) is 11.6 Å². The van der Waals surface area contributed by atoms with Crippen molar-refractivity contribution >= 4 is 34.8 Å². The van der Waals surface area contributed by atoms with Gasteiger partial charge in [-0.1, -0.05) is 59.6 Å². The lowest BCUT2D eigenvalue weighted by molar-refractivity contribution is -0.112. The highest BCUT2D eigenvalue weighted by Gasteiger charge is 2.12. The third-order valence-corrected chi connectivity index (χ3v) is 4.51. The van der Waals surface area contributed by atoms with Gasteiger partial charge in [-0.3, -0.25) is 4.79 Å². The summed E-state index contributed by atoms with van der Waals surface area (Å²) in [7, 11) is 0. The minimum Gasteiger partial charge on any atom is -0.390 e. The number of nitrogens with zero attached hydrogens (tertiary/aromatic N) is 1. The van der Waals surface area contributed by atoms with E-state index >= 15 is 0 Å². The lowest BCUT2D eigenvalue weighted by atomic mass is 10.1. The van der Waals surface area contributed by atoms with Crippen LogP contribution in [0.25, 0.3) is 0 Å². The molecule has 2 aromatic rings. The van der Waals surface area contributed by atoms with Crippen LogP contribution in [0.3, 0.4) is 0 Å². The van der Waals surface area contributed by atoms with E-state index in [4.69, 9.17) is 23.2 Å². The molecule has 6 heteroatoms. The van der Waals surface area contributed by atoms with Gasteiger partial charge in [-0.25, -0.2) is 0 Å². The molecular formula is C20H19Cl2N3O. The highest BCUT2D eigenvalue weighted by atomic mass is 35.5. The molecule has 2 rings (SSSR count). The first-order chi connectivity index (χ1) is 12.6. The van der Waals surface area contributed by atoms with Gasteiger partial charge in [0.05, 0.1) is 15.7 Å². The average molecular weight is 388 g/mol. The summed E-state index contributed by atoms with van der Waals surface area (Å²) in [4.78, 5) is 12.2. The maximum Gasteiger partial charge on any atom is 0.267 e. The molecule has 2 N–H and O–H groups in total. The Morgan fingerprint density at radius 3 is 2.58 bits per heavy atom. The number of benzene rings is 2. The van der Waals surface area contributed by atoms with Crippen LogP contribution in [0.1, 0.15) is 18.4 Å². The number of carbonyl (C=O) groups excluding carboxylic acids is 1. The van der Waals surface area contributed by atoms with E-state index in [0.717, 1.165) is 19.3 Å². The molecular weight excluding hydrogens is 369 g/mol. The molecule has 0 spiro atoms. The van der Waals surface area contributed by atoms with E-state index in [2.05, 4.69) is 22.8 Å². The number of nitrogens with one attached hydrogen (secondary N) is 2. The minimum absolute atomic E-state index is 0.0240. The van der Waals surface area contributed by atoms with E-state index in [1.807, 2.05) is 24.3 Å². The van der Waals surface area contributed by atoms with E-state index in [0.29, 0.717) is 17.3 Å². The number of rotatable bonds is 8. The molecule has 0 aliphatic heterocycles. The fourth-order valence-corrected chi connectivity index (χ4v) is 2.66. The SMILES string of the molecule is N#C/C(=C/NCCCCc1ccccc1)C(=O)Nc1cccc(Cl)c1Cl. The highest BCUT2D eigenvalue weighted by Crippen LogP contribution is 2.29. The molecule has 0 aromatic heterocycles. The van der Waals surface area contributed by atoms with Gasteiger partial charge >= 0.3 is 0 Å². The maximum atomic E-state index is 12.2. The number of amides is 1. The molecule has 0 radical (unpaired) electrons. The molecule has 4 nitrogen and oxygen atoms in total. The normalized spacial score (nSPS) is 10.9. The molecule has 0 bridgehead atoms. The van der Waals surface area contributed by atoms with E-state index in [1.54, 1.807) is 18.2 Å². The van der Waals surface area contributed by atoms with Crippen LogP contribution in [-0.2, 0) is 11.2 Å². The Bertz CT molecular complexity index is 814. The molecule has 0 heterocycles. The molecule has 0 saturated carbocycles. The molecule has 2 aromatic carbocycles. The zero-order chi connectivity index (χ0) is 18.8. The zero-order valence-corrected chi connectivity index (χ0v) is 15.6. The van der Waals surface area contributed by atoms with Gasteiger partial charge in [0.25, 0.3) is 5.91 Å². The zero-order valence-electron chi connectivity index (χ0n) is 14.1. The summed E-state index contributed by atoms with van der Waals surface area (Å²) in [6.45, 7) is 0.684. The second kappa shape index (κ2) is 10.5. The summed E-state index contributed by atoms with van der Waals surface area (Å²) in [5, 5.41) is 15.4. The third kappa shape index (κ3) is 6.11. The topological polar surface area (TPSA) is 64.9 Å². The predicted molar refractivity (Wildman–Crippen MR) is 106 cm³/mol. The molecule has 134 valence electrons. The Balaban J connectivity index is 1.79. The number of hydrogen-bond donors (Lipinski definition) is 2. The predicted octanol–water partition coefficient (Wildman–Crippen LogP) is 4.95. The Kier molecular flexibility index (Phi) is 8.01. The molecule has 1 amide bonds. The molecule has 26 heavy (non-hydrogen) atoms. The number of hydrogen-bond acceptors (Lipinski definition) is 3. The number of carbonyl (C=O) groups is 1. The number of aryl methyl sites for hydroxylation is 1. The van der Waals surface area contributed by atoms with Crippen molar-refractivity contribution in [1.82, 2.24) is 5.32 Å². The van der Waals surface area contributed by atoms with Gasteiger partial charge < -0.3 is 10.6 Å². The summed E-state index contributed by atoms with van der Waals surface area (Å²) in [5.41, 5.74) is 1.65. The van der Waals surface area contributed by atoms with Crippen molar-refractivity contribution in [1.29, 1.82) is 5.26 Å². The van der Waals surface area contributed by atoms with Gasteiger partial charge in [0.15, 0.2) is 0 Å².